The van der Waals surface area contributed by atoms with Crippen LogP contribution in [-0.2, 0) is 28.6 Å². The molecule has 0 bridgehead atoms. The van der Waals surface area contributed by atoms with Crippen LogP contribution in [0.1, 0.15) is 111 Å². The van der Waals surface area contributed by atoms with E-state index in [1.54, 1.807) is 13.8 Å². The molecule has 42 heavy (non-hydrogen) atoms. The maximum Gasteiger partial charge on any atom is 0.335 e. The highest BCUT2D eigenvalue weighted by Crippen LogP contribution is 2.44. The van der Waals surface area contributed by atoms with E-state index in [4.69, 9.17) is 14.2 Å². The van der Waals surface area contributed by atoms with Crippen LogP contribution < -0.4 is 0 Å². The molecule has 0 aliphatic heterocycles. The van der Waals surface area contributed by atoms with Crippen LogP contribution in [0.5, 0.6) is 0 Å². The van der Waals surface area contributed by atoms with Gasteiger partial charge in [0.15, 0.2) is 0 Å². The van der Waals surface area contributed by atoms with E-state index < -0.39 is 29.9 Å². The zero-order valence-electron chi connectivity index (χ0n) is 26.6. The summed E-state index contributed by atoms with van der Waals surface area (Å²) in [5.74, 6) is 1.24. The van der Waals surface area contributed by atoms with Gasteiger partial charge < -0.3 is 19.3 Å². The van der Waals surface area contributed by atoms with Gasteiger partial charge in [-0.25, -0.2) is 14.4 Å². The van der Waals surface area contributed by atoms with E-state index in [0.29, 0.717) is 12.3 Å². The minimum Gasteiger partial charge on any atom is -0.461 e. The van der Waals surface area contributed by atoms with Crippen molar-refractivity contribution in [1.82, 2.24) is 0 Å². The van der Waals surface area contributed by atoms with E-state index in [-0.39, 0.29) is 36.5 Å². The molecule has 2 aliphatic rings. The average Bonchev–Trinajstić information content (AvgIpc) is 3.00. The largest absolute Gasteiger partial charge is 0.461 e. The Hall–Kier alpha value is -2.41. The highest BCUT2D eigenvalue weighted by Gasteiger charge is 2.38. The fourth-order valence-corrected chi connectivity index (χ4v) is 6.50. The van der Waals surface area contributed by atoms with E-state index in [1.165, 1.54) is 64.2 Å². The van der Waals surface area contributed by atoms with Crippen LogP contribution in [0.4, 0.5) is 0 Å². The summed E-state index contributed by atoms with van der Waals surface area (Å²) in [6.45, 7) is 15.4. The molecule has 0 aromatic carbocycles. The van der Waals surface area contributed by atoms with Gasteiger partial charge in [-0.05, 0) is 76.0 Å². The van der Waals surface area contributed by atoms with E-state index in [9.17, 15) is 19.5 Å². The molecule has 0 amide bonds. The molecule has 2 fully saturated rings. The molecule has 0 heterocycles. The van der Waals surface area contributed by atoms with Crippen molar-refractivity contribution in [1.29, 1.82) is 0 Å². The van der Waals surface area contributed by atoms with Gasteiger partial charge >= 0.3 is 17.9 Å². The Balaban J connectivity index is 2.02. The minimum absolute atomic E-state index is 0.0740. The topological polar surface area (TPSA) is 99.1 Å². The first-order valence-corrected chi connectivity index (χ1v) is 16.1. The quantitative estimate of drug-likeness (QED) is 0.0778. The lowest BCUT2D eigenvalue weighted by molar-refractivity contribution is -0.158. The molecule has 2 rings (SSSR count). The third kappa shape index (κ3) is 12.1. The predicted molar refractivity (Wildman–Crippen MR) is 165 cm³/mol. The minimum atomic E-state index is -0.950. The number of rotatable bonds is 18. The Morgan fingerprint density at radius 1 is 0.690 bits per heavy atom. The van der Waals surface area contributed by atoms with Gasteiger partial charge in [0.25, 0.3) is 0 Å². The zero-order valence-corrected chi connectivity index (χ0v) is 26.6. The number of unbranched alkanes of at least 4 members (excludes halogenated alkanes) is 2. The van der Waals surface area contributed by atoms with Crippen molar-refractivity contribution in [2.45, 2.75) is 111 Å². The summed E-state index contributed by atoms with van der Waals surface area (Å²) in [5.41, 5.74) is -0.520. The van der Waals surface area contributed by atoms with E-state index in [0.717, 1.165) is 37.0 Å². The number of ether oxygens (including phenoxy) is 3. The smallest absolute Gasteiger partial charge is 0.335 e. The summed E-state index contributed by atoms with van der Waals surface area (Å²) in [5, 5.41) is 9.30. The number of carbonyl (C=O) groups is 3. The number of esters is 3. The number of hydrogen-bond acceptors (Lipinski definition) is 7. The zero-order chi connectivity index (χ0) is 31.1. The predicted octanol–water partition coefficient (Wildman–Crippen LogP) is 7.28. The summed E-state index contributed by atoms with van der Waals surface area (Å²) < 4.78 is 16.6. The van der Waals surface area contributed by atoms with Gasteiger partial charge in [-0.3, -0.25) is 0 Å². The second kappa shape index (κ2) is 18.3. The summed E-state index contributed by atoms with van der Waals surface area (Å²) in [6.07, 6.45) is 17.1. The molecule has 2 aliphatic carbocycles. The lowest BCUT2D eigenvalue weighted by Crippen LogP contribution is -2.40. The SMILES string of the molecule is C=C(C)C(=O)OCC(CCC1CCC(C2CCC(CCCCC)CC2)CC1)(COC(=O)C(=C)C)COC(=O)C(=C)CO. The lowest BCUT2D eigenvalue weighted by Gasteiger charge is -2.39. The molecule has 7 nitrogen and oxygen atoms in total. The molecule has 0 saturated heterocycles. The van der Waals surface area contributed by atoms with E-state index in [2.05, 4.69) is 26.7 Å². The van der Waals surface area contributed by atoms with Crippen LogP contribution in [0.3, 0.4) is 0 Å². The van der Waals surface area contributed by atoms with Crippen LogP contribution in [-0.4, -0.2) is 49.4 Å². The maximum absolute atomic E-state index is 12.4. The van der Waals surface area contributed by atoms with Crippen LogP contribution in [0.25, 0.3) is 0 Å². The molecule has 238 valence electrons. The van der Waals surface area contributed by atoms with Crippen molar-refractivity contribution >= 4 is 17.9 Å². The Kier molecular flexibility index (Phi) is 15.6. The monoisotopic (exact) mass is 588 g/mol. The average molecular weight is 589 g/mol. The van der Waals surface area contributed by atoms with Crippen molar-refractivity contribution in [3.8, 4) is 0 Å². The summed E-state index contributed by atoms with van der Waals surface area (Å²) in [7, 11) is 0. The Bertz CT molecular complexity index is 890. The maximum atomic E-state index is 12.4. The molecule has 7 heteroatoms. The molecule has 0 radical (unpaired) electrons. The first-order valence-electron chi connectivity index (χ1n) is 16.1. The summed E-state index contributed by atoms with van der Waals surface area (Å²) in [6, 6.07) is 0. The molecule has 0 spiro atoms. The number of carbonyl (C=O) groups excluding carboxylic acids is 3. The molecule has 0 unspecified atom stereocenters. The summed E-state index contributed by atoms with van der Waals surface area (Å²) in [4.78, 5) is 37.0. The fraction of sp³-hybridized carbons (Fsp3) is 0.743. The van der Waals surface area contributed by atoms with Crippen LogP contribution in [0.15, 0.2) is 36.5 Å². The van der Waals surface area contributed by atoms with E-state index in [1.807, 2.05) is 0 Å². The van der Waals surface area contributed by atoms with Gasteiger partial charge in [0.2, 0.25) is 0 Å². The van der Waals surface area contributed by atoms with Crippen molar-refractivity contribution in [2.75, 3.05) is 26.4 Å². The molecule has 0 aromatic heterocycles. The number of aliphatic hydroxyl groups is 1. The van der Waals surface area contributed by atoms with Crippen LogP contribution >= 0.6 is 0 Å². The van der Waals surface area contributed by atoms with Crippen molar-refractivity contribution < 1.29 is 33.7 Å². The molecular formula is C35H56O7. The number of hydrogen-bond donors (Lipinski definition) is 1. The van der Waals surface area contributed by atoms with Gasteiger partial charge in [-0.1, -0.05) is 78.0 Å². The van der Waals surface area contributed by atoms with Gasteiger partial charge in [-0.15, -0.1) is 0 Å². The normalized spacial score (nSPS) is 22.6. The van der Waals surface area contributed by atoms with Gasteiger partial charge in [0.1, 0.15) is 19.8 Å². The van der Waals surface area contributed by atoms with Crippen LogP contribution in [0, 0.1) is 29.1 Å². The highest BCUT2D eigenvalue weighted by molar-refractivity contribution is 5.88. The molecule has 0 atom stereocenters. The first kappa shape index (κ1) is 35.8. The van der Waals surface area contributed by atoms with Crippen molar-refractivity contribution in [3.05, 3.63) is 36.5 Å². The second-order valence-electron chi connectivity index (χ2n) is 13.1. The Morgan fingerprint density at radius 3 is 1.52 bits per heavy atom. The molecule has 2 saturated carbocycles. The summed E-state index contributed by atoms with van der Waals surface area (Å²) >= 11 is 0. The molecular weight excluding hydrogens is 532 g/mol. The fourth-order valence-electron chi connectivity index (χ4n) is 6.50. The van der Waals surface area contributed by atoms with E-state index >= 15 is 0 Å². The molecule has 1 N–H and O–H groups in total. The van der Waals surface area contributed by atoms with Gasteiger partial charge in [-0.2, -0.15) is 0 Å². The first-order chi connectivity index (χ1) is 20.0. The van der Waals surface area contributed by atoms with Crippen molar-refractivity contribution in [2.24, 2.45) is 29.1 Å². The second-order valence-corrected chi connectivity index (χ2v) is 13.1. The highest BCUT2D eigenvalue weighted by atomic mass is 16.6. The van der Waals surface area contributed by atoms with Crippen molar-refractivity contribution in [3.63, 3.8) is 0 Å². The lowest BCUT2D eigenvalue weighted by atomic mass is 9.67. The van der Waals surface area contributed by atoms with Crippen LogP contribution in [0.2, 0.25) is 0 Å². The Labute approximate surface area is 254 Å². The molecule has 0 aromatic rings. The number of aliphatic hydroxyl groups excluding tert-OH is 1. The van der Waals surface area contributed by atoms with Gasteiger partial charge in [0, 0.05) is 11.1 Å². The third-order valence-electron chi connectivity index (χ3n) is 9.45. The van der Waals surface area contributed by atoms with Gasteiger partial charge in [0.05, 0.1) is 17.6 Å². The Morgan fingerprint density at radius 2 is 1.12 bits per heavy atom. The third-order valence-corrected chi connectivity index (χ3v) is 9.45. The standard InChI is InChI=1S/C35H56O7/c1-7-8-9-10-28-11-15-30(16-12-28)31-17-13-29(14-18-31)19-20-35(22-40-32(37)25(2)3,23-41-33(38)26(4)5)24-42-34(39)27(6)21-36/h28-31,36H,2,4,6-24H2,1,3,5H3.